The average Bonchev–Trinajstić information content (AvgIpc) is 3.62. The molecule has 1 saturated carbocycles. The number of alkyl halides is 6. The highest BCUT2D eigenvalue weighted by Gasteiger charge is 2.43. The fourth-order valence-electron chi connectivity index (χ4n) is 6.07. The van der Waals surface area contributed by atoms with Crippen molar-refractivity contribution in [3.63, 3.8) is 0 Å². The lowest BCUT2D eigenvalue weighted by atomic mass is 9.82. The maximum Gasteiger partial charge on any atom is 0.416 e. The van der Waals surface area contributed by atoms with Gasteiger partial charge in [-0.25, -0.2) is 14.8 Å². The molecule has 2 fully saturated rings. The van der Waals surface area contributed by atoms with Crippen LogP contribution in [0.5, 0.6) is 0 Å². The summed E-state index contributed by atoms with van der Waals surface area (Å²) >= 11 is 0. The second kappa shape index (κ2) is 12.9. The van der Waals surface area contributed by atoms with Crippen molar-refractivity contribution in [3.8, 4) is 0 Å². The Kier molecular flexibility index (Phi) is 9.36. The highest BCUT2D eigenvalue weighted by atomic mass is 19.4. The van der Waals surface area contributed by atoms with Crippen molar-refractivity contribution in [3.05, 3.63) is 52.8 Å². The highest BCUT2D eigenvalue weighted by molar-refractivity contribution is 5.74. The Hall–Kier alpha value is -4.11. The molecule has 1 unspecified atom stereocenters. The number of esters is 1. The van der Waals surface area contributed by atoms with E-state index in [1.807, 2.05) is 6.92 Å². The number of likely N-dealkylation sites (N-methyl/N-ethyl adjacent to an activating group) is 1. The number of ether oxygens (including phenoxy) is 2. The molecule has 2 aromatic rings. The molecule has 0 spiro atoms. The Morgan fingerprint density at radius 3 is 2.13 bits per heavy atom. The Bertz CT molecular complexity index is 1410. The Balaban J connectivity index is 1.42. The fraction of sp³-hybridized carbons (Fsp3) is 0.567. The molecule has 3 atom stereocenters. The van der Waals surface area contributed by atoms with Gasteiger partial charge in [0.15, 0.2) is 0 Å². The molecule has 1 amide bonds. The minimum absolute atomic E-state index is 0.0702. The second-order valence-electron chi connectivity index (χ2n) is 11.9. The Morgan fingerprint density at radius 1 is 0.978 bits per heavy atom. The van der Waals surface area contributed by atoms with Crippen LogP contribution >= 0.6 is 0 Å². The van der Waals surface area contributed by atoms with E-state index in [9.17, 15) is 35.9 Å². The molecule has 0 N–H and O–H groups in total. The third-order valence-electron chi connectivity index (χ3n) is 8.68. The minimum Gasteiger partial charge on any atom is -0.469 e. The van der Waals surface area contributed by atoms with Crippen molar-refractivity contribution in [1.82, 2.24) is 19.9 Å². The Labute approximate surface area is 261 Å². The number of carbonyl (C=O) groups excluding carboxylic acids is 2. The lowest BCUT2D eigenvalue weighted by Gasteiger charge is -2.34. The summed E-state index contributed by atoms with van der Waals surface area (Å²) in [5.41, 5.74) is -2.35. The van der Waals surface area contributed by atoms with Crippen LogP contribution in [0.2, 0.25) is 0 Å². The van der Waals surface area contributed by atoms with Crippen LogP contribution in [0.3, 0.4) is 0 Å². The number of hydrogen-bond donors (Lipinski definition) is 0. The van der Waals surface area contributed by atoms with Crippen LogP contribution in [0.25, 0.3) is 0 Å². The predicted molar refractivity (Wildman–Crippen MR) is 153 cm³/mol. The summed E-state index contributed by atoms with van der Waals surface area (Å²) in [6, 6.07) is 0.580. The molecule has 0 bridgehead atoms. The molecule has 2 aliphatic heterocycles. The lowest BCUT2D eigenvalue weighted by molar-refractivity contribution is -0.153. The summed E-state index contributed by atoms with van der Waals surface area (Å²) < 4.78 is 92.4. The molecule has 10 nitrogen and oxygen atoms in total. The van der Waals surface area contributed by atoms with E-state index in [-0.39, 0.29) is 54.5 Å². The van der Waals surface area contributed by atoms with Crippen LogP contribution < -0.4 is 4.90 Å². The minimum atomic E-state index is -5.01. The third-order valence-corrected chi connectivity index (χ3v) is 8.68. The van der Waals surface area contributed by atoms with E-state index in [1.54, 1.807) is 35.6 Å². The number of likely N-dealkylation sites (tertiary alicyclic amines) is 1. The number of aromatic nitrogens is 2. The first kappa shape index (κ1) is 33.3. The zero-order chi connectivity index (χ0) is 33.4. The zero-order valence-electron chi connectivity index (χ0n) is 25.4. The van der Waals surface area contributed by atoms with Crippen molar-refractivity contribution in [2.45, 2.75) is 75.6 Å². The van der Waals surface area contributed by atoms with Crippen molar-refractivity contribution < 1.29 is 45.4 Å². The molecule has 16 heteroatoms. The van der Waals surface area contributed by atoms with E-state index in [2.05, 4.69) is 15.1 Å². The normalized spacial score (nSPS) is 24.6. The van der Waals surface area contributed by atoms with Crippen LogP contribution in [0.4, 0.5) is 37.1 Å². The molecule has 0 radical (unpaired) electrons. The number of nitrogens with zero attached hydrogens (tertiary/aromatic N) is 6. The van der Waals surface area contributed by atoms with E-state index in [1.165, 1.54) is 12.0 Å². The molecular weight excluding hydrogens is 622 g/mol. The molecule has 3 aliphatic rings. The van der Waals surface area contributed by atoms with Gasteiger partial charge in [0.25, 0.3) is 0 Å². The van der Waals surface area contributed by atoms with Gasteiger partial charge in [0.05, 0.1) is 30.2 Å². The van der Waals surface area contributed by atoms with Gasteiger partial charge in [-0.05, 0) is 55.0 Å². The van der Waals surface area contributed by atoms with E-state index in [0.29, 0.717) is 44.4 Å². The molecular formula is C30H34F6N6O4. The van der Waals surface area contributed by atoms with Crippen molar-refractivity contribution in [2.24, 2.45) is 11.0 Å². The summed E-state index contributed by atoms with van der Waals surface area (Å²) in [6.07, 6.45) is -4.71. The number of methoxy groups -OCH3 is 1. The topological polar surface area (TPSA) is 100 Å². The predicted octanol–water partition coefficient (Wildman–Crippen LogP) is 5.48. The van der Waals surface area contributed by atoms with Crippen molar-refractivity contribution in [1.29, 1.82) is 0 Å². The number of carbonyl (C=O) groups is 2. The molecule has 250 valence electrons. The van der Waals surface area contributed by atoms with Crippen molar-refractivity contribution >= 4 is 24.2 Å². The van der Waals surface area contributed by atoms with Gasteiger partial charge in [0.2, 0.25) is 5.95 Å². The van der Waals surface area contributed by atoms with Crippen LogP contribution in [0.1, 0.15) is 60.8 Å². The van der Waals surface area contributed by atoms with Gasteiger partial charge in [-0.3, -0.25) is 9.80 Å². The monoisotopic (exact) mass is 656 g/mol. The van der Waals surface area contributed by atoms with Crippen molar-refractivity contribution in [2.75, 3.05) is 32.1 Å². The van der Waals surface area contributed by atoms with Gasteiger partial charge in [0, 0.05) is 57.2 Å². The van der Waals surface area contributed by atoms with Gasteiger partial charge in [-0.1, -0.05) is 6.92 Å². The molecule has 1 aromatic heterocycles. The van der Waals surface area contributed by atoms with Crippen LogP contribution in [-0.2, 0) is 33.2 Å². The quantitative estimate of drug-likeness (QED) is 0.272. The Morgan fingerprint density at radius 2 is 1.61 bits per heavy atom. The first-order valence-electron chi connectivity index (χ1n) is 14.8. The standard InChI is InChI=1S/C30H34F6N6O4/c1-4-23-10-24(16-42(23)28(44)46-25-7-18(8-25)26(43)45-3)41(27-37-11-19(12-38-27)20-13-39-40(2)15-20)14-17-5-21(29(31,32)33)9-22(6-17)30(34,35)36/h5-6,9,11-13,18,20,23-25H,4,7-8,10,14-16H2,1-3H3/t18-,20?,23-,24+,25-/m1/s1. The number of amides is 1. The van der Waals surface area contributed by atoms with Gasteiger partial charge < -0.3 is 19.3 Å². The molecule has 3 heterocycles. The molecule has 1 saturated heterocycles. The SMILES string of the molecule is CC[C@@H]1C[C@H](N(Cc2cc(C(F)(F)F)cc(C(F)(F)F)c2)c2ncc(C3C=NN(C)C3)cn2)CN1C(=O)O[C@H]1C[C@H](C(=O)OC)C1. The molecule has 46 heavy (non-hydrogen) atoms. The van der Waals surface area contributed by atoms with Gasteiger partial charge in [0.1, 0.15) is 6.10 Å². The van der Waals surface area contributed by atoms with Gasteiger partial charge in [-0.15, -0.1) is 0 Å². The summed E-state index contributed by atoms with van der Waals surface area (Å²) in [6.45, 7) is 2.15. The summed E-state index contributed by atoms with van der Waals surface area (Å²) in [4.78, 5) is 36.9. The van der Waals surface area contributed by atoms with Gasteiger partial charge >= 0.3 is 24.4 Å². The smallest absolute Gasteiger partial charge is 0.416 e. The summed E-state index contributed by atoms with van der Waals surface area (Å²) in [5.74, 6) is -0.724. The zero-order valence-corrected chi connectivity index (χ0v) is 25.4. The molecule has 1 aromatic carbocycles. The first-order chi connectivity index (χ1) is 21.7. The van der Waals surface area contributed by atoms with E-state index < -0.39 is 41.7 Å². The number of hydrazone groups is 1. The number of hydrogen-bond acceptors (Lipinski definition) is 9. The average molecular weight is 657 g/mol. The largest absolute Gasteiger partial charge is 0.469 e. The summed E-state index contributed by atoms with van der Waals surface area (Å²) in [7, 11) is 3.09. The highest BCUT2D eigenvalue weighted by Crippen LogP contribution is 2.38. The number of halogens is 6. The van der Waals surface area contributed by atoms with E-state index in [0.717, 1.165) is 5.56 Å². The number of benzene rings is 1. The number of rotatable bonds is 8. The molecule has 1 aliphatic carbocycles. The summed E-state index contributed by atoms with van der Waals surface area (Å²) in [5, 5.41) is 5.95. The van der Waals surface area contributed by atoms with Crippen LogP contribution in [0.15, 0.2) is 35.7 Å². The molecule has 5 rings (SSSR count). The van der Waals surface area contributed by atoms with Gasteiger partial charge in [-0.2, -0.15) is 31.4 Å². The maximum absolute atomic E-state index is 13.7. The second-order valence-corrected chi connectivity index (χ2v) is 11.9. The lowest BCUT2D eigenvalue weighted by Crippen LogP contribution is -2.44. The van der Waals surface area contributed by atoms with E-state index >= 15 is 0 Å². The van der Waals surface area contributed by atoms with E-state index in [4.69, 9.17) is 9.47 Å². The third kappa shape index (κ3) is 7.30. The number of anilines is 1. The van der Waals surface area contributed by atoms with Crippen LogP contribution in [-0.4, -0.2) is 83.6 Å². The maximum atomic E-state index is 13.7. The fourth-order valence-corrected chi connectivity index (χ4v) is 6.07. The first-order valence-corrected chi connectivity index (χ1v) is 14.8. The van der Waals surface area contributed by atoms with Crippen LogP contribution in [0, 0.1) is 5.92 Å².